The minimum atomic E-state index is -0.327. The summed E-state index contributed by atoms with van der Waals surface area (Å²) < 4.78 is 19.6. The number of hydrogen-bond acceptors (Lipinski definition) is 5. The van der Waals surface area contributed by atoms with E-state index in [4.69, 9.17) is 14.2 Å². The third-order valence-electron chi connectivity index (χ3n) is 4.26. The summed E-state index contributed by atoms with van der Waals surface area (Å²) in [6.07, 6.45) is 1.79. The zero-order valence-electron chi connectivity index (χ0n) is 15.5. The number of aromatic nitrogens is 1. The van der Waals surface area contributed by atoms with E-state index in [0.29, 0.717) is 48.2 Å². The van der Waals surface area contributed by atoms with E-state index in [9.17, 15) is 4.79 Å². The second-order valence-corrected chi connectivity index (χ2v) is 7.13. The lowest BCUT2D eigenvalue weighted by Crippen LogP contribution is -2.17. The van der Waals surface area contributed by atoms with Crippen LogP contribution in [-0.2, 0) is 6.54 Å². The first-order valence-electron chi connectivity index (χ1n) is 9.05. The van der Waals surface area contributed by atoms with Gasteiger partial charge in [0.05, 0.1) is 16.8 Å². The van der Waals surface area contributed by atoms with Gasteiger partial charge in [-0.1, -0.05) is 17.4 Å². The van der Waals surface area contributed by atoms with Crippen molar-refractivity contribution in [2.75, 3.05) is 19.8 Å². The molecule has 0 radical (unpaired) electrons. The van der Waals surface area contributed by atoms with Gasteiger partial charge in [-0.25, -0.2) is 0 Å². The number of carbonyl (C=O) groups excluding carboxylic acids is 1. The molecule has 7 heteroatoms. The first kappa shape index (κ1) is 18.3. The molecule has 3 aromatic rings. The van der Waals surface area contributed by atoms with Crippen LogP contribution >= 0.6 is 11.3 Å². The number of ether oxygens (including phenoxy) is 3. The largest absolute Gasteiger partial charge is 0.494 e. The summed E-state index contributed by atoms with van der Waals surface area (Å²) in [4.78, 5) is 17.8. The zero-order chi connectivity index (χ0) is 19.5. The molecule has 0 saturated heterocycles. The smallest absolute Gasteiger partial charge is 0.279 e. The van der Waals surface area contributed by atoms with Crippen LogP contribution in [0.2, 0.25) is 0 Å². The Morgan fingerprint density at radius 2 is 2.07 bits per heavy atom. The summed E-state index contributed by atoms with van der Waals surface area (Å²) in [5.41, 5.74) is 1.45. The maximum absolute atomic E-state index is 12.8. The van der Waals surface area contributed by atoms with E-state index in [1.165, 1.54) is 11.3 Å². The fourth-order valence-electron chi connectivity index (χ4n) is 3.03. The summed E-state index contributed by atoms with van der Waals surface area (Å²) in [7, 11) is 0. The van der Waals surface area contributed by atoms with E-state index in [1.807, 2.05) is 29.7 Å². The summed E-state index contributed by atoms with van der Waals surface area (Å²) in [5.74, 6) is 1.69. The molecule has 0 spiro atoms. The molecule has 1 aromatic heterocycles. The Kier molecular flexibility index (Phi) is 5.16. The number of carbonyl (C=O) groups is 1. The standard InChI is InChI=1S/C21H20N2O4S/c1-3-9-23-16-7-6-15(25-4-2)13-19(16)28-21(23)22-20(24)14-5-8-17-18(12-14)27-11-10-26-17/h3,5-8,12-13H,1,4,9-11H2,2H3. The molecule has 1 amide bonds. The predicted molar refractivity (Wildman–Crippen MR) is 109 cm³/mol. The average Bonchev–Trinajstić information content (AvgIpc) is 3.04. The normalized spacial score (nSPS) is 13.5. The minimum Gasteiger partial charge on any atom is -0.494 e. The Labute approximate surface area is 166 Å². The highest BCUT2D eigenvalue weighted by molar-refractivity contribution is 7.16. The Morgan fingerprint density at radius 1 is 1.25 bits per heavy atom. The zero-order valence-corrected chi connectivity index (χ0v) is 16.3. The van der Waals surface area contributed by atoms with Crippen LogP contribution in [0.1, 0.15) is 17.3 Å². The van der Waals surface area contributed by atoms with Crippen LogP contribution < -0.4 is 19.0 Å². The van der Waals surface area contributed by atoms with Crippen molar-refractivity contribution in [1.82, 2.24) is 4.57 Å². The fourth-order valence-corrected chi connectivity index (χ4v) is 4.09. The second kappa shape index (κ2) is 7.90. The molecule has 0 atom stereocenters. The van der Waals surface area contributed by atoms with Crippen molar-refractivity contribution in [3.05, 3.63) is 59.4 Å². The molecule has 2 aromatic carbocycles. The van der Waals surface area contributed by atoms with Crippen molar-refractivity contribution in [1.29, 1.82) is 0 Å². The van der Waals surface area contributed by atoms with Crippen LogP contribution in [-0.4, -0.2) is 30.3 Å². The number of fused-ring (bicyclic) bond motifs is 2. The number of allylic oxidation sites excluding steroid dienone is 1. The monoisotopic (exact) mass is 396 g/mol. The molecule has 0 aliphatic carbocycles. The molecule has 6 nitrogen and oxygen atoms in total. The molecule has 28 heavy (non-hydrogen) atoms. The topological polar surface area (TPSA) is 62.1 Å². The molecule has 0 saturated carbocycles. The maximum atomic E-state index is 12.8. The summed E-state index contributed by atoms with van der Waals surface area (Å²) in [5, 5.41) is 0. The maximum Gasteiger partial charge on any atom is 0.279 e. The summed E-state index contributed by atoms with van der Waals surface area (Å²) >= 11 is 1.45. The van der Waals surface area contributed by atoms with Crippen molar-refractivity contribution in [2.45, 2.75) is 13.5 Å². The molecule has 1 aliphatic rings. The third kappa shape index (κ3) is 3.53. The van der Waals surface area contributed by atoms with Gasteiger partial charge in [0.15, 0.2) is 16.3 Å². The predicted octanol–water partition coefficient (Wildman–Crippen LogP) is 3.80. The first-order valence-corrected chi connectivity index (χ1v) is 9.87. The molecule has 1 aliphatic heterocycles. The number of hydrogen-bond donors (Lipinski definition) is 0. The van der Waals surface area contributed by atoms with Gasteiger partial charge in [-0.2, -0.15) is 4.99 Å². The van der Waals surface area contributed by atoms with E-state index in [2.05, 4.69) is 11.6 Å². The highest BCUT2D eigenvalue weighted by Crippen LogP contribution is 2.31. The van der Waals surface area contributed by atoms with Gasteiger partial charge >= 0.3 is 0 Å². The molecular formula is C21H20N2O4S. The molecule has 0 unspecified atom stereocenters. The van der Waals surface area contributed by atoms with Crippen LogP contribution in [0.5, 0.6) is 17.2 Å². The van der Waals surface area contributed by atoms with Gasteiger partial charge in [0, 0.05) is 12.1 Å². The third-order valence-corrected chi connectivity index (χ3v) is 5.30. The Balaban J connectivity index is 1.76. The van der Waals surface area contributed by atoms with E-state index in [0.717, 1.165) is 16.0 Å². The molecule has 0 bridgehead atoms. The first-order chi connectivity index (χ1) is 13.7. The lowest BCUT2D eigenvalue weighted by Gasteiger charge is -2.18. The SMILES string of the molecule is C=CCn1c(=NC(=O)c2ccc3c(c2)OCCO3)sc2cc(OCC)ccc21. The van der Waals surface area contributed by atoms with Gasteiger partial charge in [0.2, 0.25) is 0 Å². The molecule has 2 heterocycles. The van der Waals surface area contributed by atoms with Crippen molar-refractivity contribution >= 4 is 27.5 Å². The lowest BCUT2D eigenvalue weighted by molar-refractivity contribution is 0.0996. The van der Waals surface area contributed by atoms with E-state index in [1.54, 1.807) is 24.3 Å². The van der Waals surface area contributed by atoms with Crippen LogP contribution in [0, 0.1) is 0 Å². The second-order valence-electron chi connectivity index (χ2n) is 6.12. The molecule has 4 rings (SSSR count). The molecule has 0 fully saturated rings. The van der Waals surface area contributed by atoms with Gasteiger partial charge in [-0.15, -0.1) is 6.58 Å². The van der Waals surface area contributed by atoms with Crippen LogP contribution in [0.25, 0.3) is 10.2 Å². The molecule has 0 N–H and O–H groups in total. The Hall–Kier alpha value is -3.06. The average molecular weight is 396 g/mol. The van der Waals surface area contributed by atoms with E-state index >= 15 is 0 Å². The van der Waals surface area contributed by atoms with Crippen molar-refractivity contribution < 1.29 is 19.0 Å². The van der Waals surface area contributed by atoms with Crippen molar-refractivity contribution in [2.24, 2.45) is 4.99 Å². The highest BCUT2D eigenvalue weighted by atomic mass is 32.1. The van der Waals surface area contributed by atoms with Crippen LogP contribution in [0.3, 0.4) is 0 Å². The quantitative estimate of drug-likeness (QED) is 0.616. The number of rotatable bonds is 5. The van der Waals surface area contributed by atoms with Crippen molar-refractivity contribution in [3.8, 4) is 17.2 Å². The molecular weight excluding hydrogens is 376 g/mol. The summed E-state index contributed by atoms with van der Waals surface area (Å²) in [6, 6.07) is 11.0. The number of benzene rings is 2. The van der Waals surface area contributed by atoms with Gasteiger partial charge in [0.1, 0.15) is 19.0 Å². The van der Waals surface area contributed by atoms with Gasteiger partial charge < -0.3 is 18.8 Å². The van der Waals surface area contributed by atoms with Gasteiger partial charge in [0.25, 0.3) is 5.91 Å². The van der Waals surface area contributed by atoms with Crippen LogP contribution in [0.4, 0.5) is 0 Å². The van der Waals surface area contributed by atoms with Crippen LogP contribution in [0.15, 0.2) is 54.0 Å². The highest BCUT2D eigenvalue weighted by Gasteiger charge is 2.15. The number of thiazole rings is 1. The lowest BCUT2D eigenvalue weighted by atomic mass is 10.2. The summed E-state index contributed by atoms with van der Waals surface area (Å²) in [6.45, 7) is 7.91. The van der Waals surface area contributed by atoms with E-state index in [-0.39, 0.29) is 5.91 Å². The van der Waals surface area contributed by atoms with Gasteiger partial charge in [-0.05, 0) is 43.3 Å². The number of nitrogens with zero attached hydrogens (tertiary/aromatic N) is 2. The van der Waals surface area contributed by atoms with E-state index < -0.39 is 0 Å². The Bertz CT molecular complexity index is 1110. The number of amides is 1. The van der Waals surface area contributed by atoms with Gasteiger partial charge in [-0.3, -0.25) is 4.79 Å². The fraction of sp³-hybridized carbons (Fsp3) is 0.238. The Morgan fingerprint density at radius 3 is 2.86 bits per heavy atom. The van der Waals surface area contributed by atoms with Crippen molar-refractivity contribution in [3.63, 3.8) is 0 Å². The minimum absolute atomic E-state index is 0.327. The molecule has 144 valence electrons.